The Morgan fingerprint density at radius 2 is 2.08 bits per heavy atom. The molecule has 1 saturated heterocycles. The van der Waals surface area contributed by atoms with Crippen LogP contribution in [0.1, 0.15) is 46.5 Å². The Hall–Kier alpha value is -1.53. The maximum absolute atomic E-state index is 12.0. The van der Waals surface area contributed by atoms with Gasteiger partial charge in [0.25, 0.3) is 5.56 Å². The monoisotopic (exact) mass is 342 g/mol. The average Bonchev–Trinajstić information content (AvgIpc) is 3.17. The second-order valence-corrected chi connectivity index (χ2v) is 8.61. The Morgan fingerprint density at radius 1 is 1.21 bits per heavy atom. The van der Waals surface area contributed by atoms with Crippen LogP contribution in [0.2, 0.25) is 0 Å². The van der Waals surface area contributed by atoms with Crippen molar-refractivity contribution in [3.05, 3.63) is 43.8 Å². The molecule has 0 bridgehead atoms. The third-order valence-corrected chi connectivity index (χ3v) is 6.49. The van der Waals surface area contributed by atoms with Gasteiger partial charge in [-0.05, 0) is 38.2 Å². The molecule has 3 aliphatic rings. The maximum Gasteiger partial charge on any atom is 0.266 e. The summed E-state index contributed by atoms with van der Waals surface area (Å²) in [5.41, 5.74) is 2.48. The van der Waals surface area contributed by atoms with E-state index >= 15 is 0 Å². The van der Waals surface area contributed by atoms with Crippen molar-refractivity contribution < 1.29 is 0 Å². The number of rotatable bonds is 5. The summed E-state index contributed by atoms with van der Waals surface area (Å²) < 4.78 is 1.69. The first-order valence-corrected chi connectivity index (χ1v) is 9.84. The molecule has 126 valence electrons. The van der Waals surface area contributed by atoms with E-state index in [-0.39, 0.29) is 5.56 Å². The van der Waals surface area contributed by atoms with Crippen LogP contribution >= 0.6 is 11.3 Å². The highest BCUT2D eigenvalue weighted by Gasteiger charge is 2.30. The zero-order chi connectivity index (χ0) is 16.1. The number of hydrogen-bond donors (Lipinski definition) is 0. The van der Waals surface area contributed by atoms with E-state index in [1.165, 1.54) is 47.7 Å². The fourth-order valence-corrected chi connectivity index (χ4v) is 5.06. The average molecular weight is 342 g/mol. The molecule has 2 aromatic rings. The van der Waals surface area contributed by atoms with Crippen LogP contribution in [0.25, 0.3) is 0 Å². The van der Waals surface area contributed by atoms with E-state index in [0.717, 1.165) is 31.9 Å². The van der Waals surface area contributed by atoms with E-state index in [1.807, 2.05) is 17.4 Å². The third kappa shape index (κ3) is 2.82. The van der Waals surface area contributed by atoms with Crippen LogP contribution in [0.15, 0.2) is 16.9 Å². The minimum Gasteiger partial charge on any atom is -0.296 e. The molecule has 24 heavy (non-hydrogen) atoms. The lowest BCUT2D eigenvalue weighted by atomic mass is 10.0. The number of likely N-dealkylation sites (tertiary alicyclic amines) is 1. The molecule has 2 aliphatic carbocycles. The highest BCUT2D eigenvalue weighted by molar-refractivity contribution is 7.11. The molecule has 6 heteroatoms. The summed E-state index contributed by atoms with van der Waals surface area (Å²) in [5, 5.41) is 5.84. The van der Waals surface area contributed by atoms with Gasteiger partial charge in [0.2, 0.25) is 0 Å². The van der Waals surface area contributed by atoms with Crippen LogP contribution in [-0.2, 0) is 25.9 Å². The highest BCUT2D eigenvalue weighted by Crippen LogP contribution is 2.38. The Kier molecular flexibility index (Phi) is 3.56. The second kappa shape index (κ2) is 5.77. The zero-order valence-electron chi connectivity index (χ0n) is 13.8. The Morgan fingerprint density at radius 3 is 2.88 bits per heavy atom. The van der Waals surface area contributed by atoms with Crippen molar-refractivity contribution in [2.24, 2.45) is 5.92 Å². The third-order valence-electron chi connectivity index (χ3n) is 5.35. The molecular weight excluding hydrogens is 320 g/mol. The van der Waals surface area contributed by atoms with Gasteiger partial charge in [-0.3, -0.25) is 9.69 Å². The first-order valence-electron chi connectivity index (χ1n) is 9.02. The molecule has 0 unspecified atom stereocenters. The van der Waals surface area contributed by atoms with Crippen molar-refractivity contribution in [3.8, 4) is 0 Å². The molecule has 5 rings (SSSR count). The summed E-state index contributed by atoms with van der Waals surface area (Å²) in [4.78, 5) is 20.8. The van der Waals surface area contributed by atoms with Gasteiger partial charge in [-0.15, -0.1) is 11.3 Å². The van der Waals surface area contributed by atoms with Gasteiger partial charge in [0.05, 0.1) is 24.5 Å². The van der Waals surface area contributed by atoms with Crippen molar-refractivity contribution in [3.63, 3.8) is 0 Å². The van der Waals surface area contributed by atoms with E-state index in [4.69, 9.17) is 4.98 Å². The van der Waals surface area contributed by atoms with Crippen molar-refractivity contribution in [1.82, 2.24) is 19.7 Å². The topological polar surface area (TPSA) is 51.0 Å². The predicted octanol–water partition coefficient (Wildman–Crippen LogP) is 2.20. The molecule has 0 N–H and O–H groups in total. The first-order chi connectivity index (χ1) is 11.7. The smallest absolute Gasteiger partial charge is 0.266 e. The van der Waals surface area contributed by atoms with Crippen molar-refractivity contribution in [2.75, 3.05) is 13.1 Å². The van der Waals surface area contributed by atoms with Crippen molar-refractivity contribution in [1.29, 1.82) is 0 Å². The second-order valence-electron chi connectivity index (χ2n) is 7.44. The fourth-order valence-electron chi connectivity index (χ4n) is 3.86. The van der Waals surface area contributed by atoms with Gasteiger partial charge in [-0.2, -0.15) is 5.10 Å². The minimum atomic E-state index is 0.0363. The SMILES string of the molecule is O=c1ccc(C2CC2)nn1CC1CN(Cc2nc3c(s2)CCC3)C1. The number of hydrogen-bond acceptors (Lipinski definition) is 5. The lowest BCUT2D eigenvalue weighted by molar-refractivity contribution is 0.0764. The summed E-state index contributed by atoms with van der Waals surface area (Å²) >= 11 is 1.90. The van der Waals surface area contributed by atoms with Crippen molar-refractivity contribution in [2.45, 2.75) is 51.1 Å². The summed E-state index contributed by atoms with van der Waals surface area (Å²) in [5.74, 6) is 1.14. The molecule has 0 aromatic carbocycles. The molecular formula is C18H22N4OS. The lowest BCUT2D eigenvalue weighted by Crippen LogP contribution is -2.48. The summed E-state index contributed by atoms with van der Waals surface area (Å²) in [7, 11) is 0. The van der Waals surface area contributed by atoms with E-state index < -0.39 is 0 Å². The van der Waals surface area contributed by atoms with Gasteiger partial charge >= 0.3 is 0 Å². The zero-order valence-corrected chi connectivity index (χ0v) is 14.6. The van der Waals surface area contributed by atoms with Crippen LogP contribution in [-0.4, -0.2) is 32.8 Å². The normalized spacial score (nSPS) is 21.0. The van der Waals surface area contributed by atoms with E-state index in [0.29, 0.717) is 11.8 Å². The van der Waals surface area contributed by atoms with Crippen LogP contribution < -0.4 is 5.56 Å². The first kappa shape index (κ1) is 14.8. The maximum atomic E-state index is 12.0. The van der Waals surface area contributed by atoms with E-state index in [1.54, 1.807) is 10.7 Å². The van der Waals surface area contributed by atoms with Gasteiger partial charge < -0.3 is 0 Å². The molecule has 1 saturated carbocycles. The Bertz CT molecular complexity index is 795. The molecule has 2 aromatic heterocycles. The largest absolute Gasteiger partial charge is 0.296 e. The number of fused-ring (bicyclic) bond motifs is 1. The van der Waals surface area contributed by atoms with Gasteiger partial charge in [-0.25, -0.2) is 9.67 Å². The standard InChI is InChI=1S/C18H22N4OS/c23-18-7-6-14(13-4-5-13)20-22(18)10-12-8-21(9-12)11-17-19-15-2-1-3-16(15)24-17/h6-7,12-13H,1-5,8-11H2. The number of aryl methyl sites for hydroxylation is 2. The van der Waals surface area contributed by atoms with Crippen LogP contribution in [0.4, 0.5) is 0 Å². The minimum absolute atomic E-state index is 0.0363. The summed E-state index contributed by atoms with van der Waals surface area (Å²) in [6.45, 7) is 3.82. The van der Waals surface area contributed by atoms with E-state index in [2.05, 4.69) is 10.00 Å². The molecule has 0 radical (unpaired) electrons. The lowest BCUT2D eigenvalue weighted by Gasteiger charge is -2.38. The quantitative estimate of drug-likeness (QED) is 0.836. The summed E-state index contributed by atoms with van der Waals surface area (Å²) in [6.07, 6.45) is 6.12. The molecule has 0 amide bonds. The molecule has 5 nitrogen and oxygen atoms in total. The molecule has 3 heterocycles. The van der Waals surface area contributed by atoms with Gasteiger partial charge in [-0.1, -0.05) is 0 Å². The number of thiazole rings is 1. The molecule has 2 fully saturated rings. The Labute approximate surface area is 145 Å². The van der Waals surface area contributed by atoms with Crippen LogP contribution in [0, 0.1) is 5.92 Å². The van der Waals surface area contributed by atoms with Gasteiger partial charge in [0.15, 0.2) is 0 Å². The highest BCUT2D eigenvalue weighted by atomic mass is 32.1. The van der Waals surface area contributed by atoms with Gasteiger partial charge in [0, 0.05) is 35.9 Å². The fraction of sp³-hybridized carbons (Fsp3) is 0.611. The van der Waals surface area contributed by atoms with Crippen LogP contribution in [0.3, 0.4) is 0 Å². The Balaban J connectivity index is 1.18. The molecule has 1 aliphatic heterocycles. The molecule has 0 spiro atoms. The van der Waals surface area contributed by atoms with Crippen molar-refractivity contribution >= 4 is 11.3 Å². The molecule has 0 atom stereocenters. The van der Waals surface area contributed by atoms with Gasteiger partial charge in [0.1, 0.15) is 5.01 Å². The van der Waals surface area contributed by atoms with Crippen LogP contribution in [0.5, 0.6) is 0 Å². The summed E-state index contributed by atoms with van der Waals surface area (Å²) in [6, 6.07) is 3.60. The number of nitrogens with zero attached hydrogens (tertiary/aromatic N) is 4. The number of aromatic nitrogens is 3. The predicted molar refractivity (Wildman–Crippen MR) is 93.4 cm³/mol. The van der Waals surface area contributed by atoms with E-state index in [9.17, 15) is 4.79 Å².